The molecular weight excluding hydrogens is 227 g/mol. The Kier molecular flexibility index (Phi) is 3.21. The van der Waals surface area contributed by atoms with E-state index in [4.69, 9.17) is 11.6 Å². The second-order valence-corrected chi connectivity index (χ2v) is 3.10. The summed E-state index contributed by atoms with van der Waals surface area (Å²) in [5, 5.41) is 12.6. The predicted octanol–water partition coefficient (Wildman–Crippen LogP) is 2.35. The van der Waals surface area contributed by atoms with Crippen LogP contribution in [0.4, 0.5) is 15.8 Å². The highest BCUT2D eigenvalue weighted by molar-refractivity contribution is 6.34. The number of halogens is 2. The number of nitrogens with zero attached hydrogens (tertiary/aromatic N) is 1. The van der Waals surface area contributed by atoms with Crippen molar-refractivity contribution in [3.8, 4) is 0 Å². The number of rotatable bonds is 2. The number of amides is 1. The molecule has 0 radical (unpaired) electrons. The summed E-state index contributed by atoms with van der Waals surface area (Å²) >= 11 is 5.60. The molecule has 7 heteroatoms. The van der Waals surface area contributed by atoms with Crippen LogP contribution < -0.4 is 5.32 Å². The van der Waals surface area contributed by atoms with Gasteiger partial charge in [-0.15, -0.1) is 0 Å². The molecule has 1 aromatic rings. The van der Waals surface area contributed by atoms with Gasteiger partial charge in [0.05, 0.1) is 9.95 Å². The summed E-state index contributed by atoms with van der Waals surface area (Å²) in [5.74, 6) is -1.61. The van der Waals surface area contributed by atoms with Gasteiger partial charge in [-0.3, -0.25) is 14.9 Å². The van der Waals surface area contributed by atoms with Crippen LogP contribution in [0.15, 0.2) is 12.1 Å². The third kappa shape index (κ3) is 2.41. The summed E-state index contributed by atoms with van der Waals surface area (Å²) in [7, 11) is 0. The minimum atomic E-state index is -1.05. The van der Waals surface area contributed by atoms with E-state index in [1.165, 1.54) is 0 Å². The Hall–Kier alpha value is -1.69. The minimum absolute atomic E-state index is 0.0849. The van der Waals surface area contributed by atoms with Crippen LogP contribution in [0, 0.1) is 15.9 Å². The molecule has 0 bridgehead atoms. The maximum absolute atomic E-state index is 13.1. The van der Waals surface area contributed by atoms with E-state index < -0.39 is 22.3 Å². The smallest absolute Gasteiger partial charge is 0.319 e. The van der Waals surface area contributed by atoms with E-state index in [0.717, 1.165) is 19.1 Å². The van der Waals surface area contributed by atoms with Gasteiger partial charge in [-0.2, -0.15) is 4.39 Å². The van der Waals surface area contributed by atoms with E-state index in [1.807, 2.05) is 0 Å². The van der Waals surface area contributed by atoms with Crippen molar-refractivity contribution in [3.63, 3.8) is 0 Å². The lowest BCUT2D eigenvalue weighted by atomic mass is 10.2. The van der Waals surface area contributed by atoms with Crippen molar-refractivity contribution in [3.05, 3.63) is 33.1 Å². The Morgan fingerprint density at radius 2 is 2.20 bits per heavy atom. The molecule has 0 heterocycles. The molecule has 1 amide bonds. The number of hydrogen-bond donors (Lipinski definition) is 1. The van der Waals surface area contributed by atoms with Crippen LogP contribution in [0.25, 0.3) is 0 Å². The van der Waals surface area contributed by atoms with Crippen LogP contribution in [0.3, 0.4) is 0 Å². The molecule has 80 valence electrons. The van der Waals surface area contributed by atoms with E-state index >= 15 is 0 Å². The highest BCUT2D eigenvalue weighted by Gasteiger charge is 2.23. The van der Waals surface area contributed by atoms with Crippen molar-refractivity contribution in [2.75, 3.05) is 5.32 Å². The van der Waals surface area contributed by atoms with E-state index in [9.17, 15) is 19.3 Å². The van der Waals surface area contributed by atoms with Gasteiger partial charge in [0.15, 0.2) is 0 Å². The zero-order valence-corrected chi connectivity index (χ0v) is 8.34. The molecule has 0 aromatic heterocycles. The zero-order chi connectivity index (χ0) is 11.6. The van der Waals surface area contributed by atoms with Gasteiger partial charge >= 0.3 is 5.69 Å². The van der Waals surface area contributed by atoms with Crippen LogP contribution in [0.2, 0.25) is 5.02 Å². The van der Waals surface area contributed by atoms with Crippen molar-refractivity contribution in [2.45, 2.75) is 6.92 Å². The normalized spacial score (nSPS) is 9.80. The SMILES string of the molecule is CC(=O)Nc1c(Cl)ccc(F)c1[N+](=O)[O-]. The van der Waals surface area contributed by atoms with Crippen molar-refractivity contribution >= 4 is 28.9 Å². The van der Waals surface area contributed by atoms with Crippen molar-refractivity contribution in [2.24, 2.45) is 0 Å². The van der Waals surface area contributed by atoms with Crippen LogP contribution in [0.1, 0.15) is 6.92 Å². The Morgan fingerprint density at radius 3 is 2.67 bits per heavy atom. The van der Waals surface area contributed by atoms with Gasteiger partial charge in [0.1, 0.15) is 5.69 Å². The molecule has 1 rings (SSSR count). The molecular formula is C8H6ClFN2O3. The number of nitrogens with one attached hydrogen (secondary N) is 1. The fourth-order valence-electron chi connectivity index (χ4n) is 1.01. The molecule has 1 N–H and O–H groups in total. The number of carbonyl (C=O) groups excluding carboxylic acids is 1. The van der Waals surface area contributed by atoms with Crippen LogP contribution in [-0.4, -0.2) is 10.8 Å². The van der Waals surface area contributed by atoms with Crippen LogP contribution >= 0.6 is 11.6 Å². The number of nitro groups is 1. The Bertz CT molecular complexity index is 436. The molecule has 0 aliphatic heterocycles. The van der Waals surface area contributed by atoms with E-state index in [2.05, 4.69) is 5.32 Å². The highest BCUT2D eigenvalue weighted by atomic mass is 35.5. The summed E-state index contributed by atoms with van der Waals surface area (Å²) in [6, 6.07) is 2.00. The van der Waals surface area contributed by atoms with Gasteiger partial charge < -0.3 is 5.32 Å². The lowest BCUT2D eigenvalue weighted by Gasteiger charge is -2.05. The van der Waals surface area contributed by atoms with Gasteiger partial charge in [-0.25, -0.2) is 0 Å². The lowest BCUT2D eigenvalue weighted by molar-refractivity contribution is -0.386. The average molecular weight is 233 g/mol. The molecule has 0 atom stereocenters. The van der Waals surface area contributed by atoms with Gasteiger partial charge in [0.2, 0.25) is 11.7 Å². The minimum Gasteiger partial charge on any atom is -0.319 e. The molecule has 5 nitrogen and oxygen atoms in total. The first-order chi connectivity index (χ1) is 6.93. The lowest BCUT2D eigenvalue weighted by Crippen LogP contribution is -2.09. The maximum atomic E-state index is 13.1. The number of benzene rings is 1. The van der Waals surface area contributed by atoms with E-state index in [0.29, 0.717) is 0 Å². The van der Waals surface area contributed by atoms with Crippen LogP contribution in [-0.2, 0) is 4.79 Å². The highest BCUT2D eigenvalue weighted by Crippen LogP contribution is 2.34. The monoisotopic (exact) mass is 232 g/mol. The number of anilines is 1. The third-order valence-corrected chi connectivity index (χ3v) is 1.88. The van der Waals surface area contributed by atoms with Gasteiger partial charge in [0, 0.05) is 6.92 Å². The van der Waals surface area contributed by atoms with Crippen LogP contribution in [0.5, 0.6) is 0 Å². The fraction of sp³-hybridized carbons (Fsp3) is 0.125. The number of carbonyl (C=O) groups is 1. The first-order valence-corrected chi connectivity index (χ1v) is 4.21. The Labute approximate surface area is 89.0 Å². The van der Waals surface area contributed by atoms with Gasteiger partial charge in [0.25, 0.3) is 0 Å². The molecule has 0 saturated heterocycles. The summed E-state index contributed by atoms with van der Waals surface area (Å²) in [5.41, 5.74) is -1.16. The molecule has 1 aromatic carbocycles. The quantitative estimate of drug-likeness (QED) is 0.628. The van der Waals surface area contributed by atoms with Crippen molar-refractivity contribution in [1.29, 1.82) is 0 Å². The standard InChI is InChI=1S/C8H6ClFN2O3/c1-4(13)11-7-5(9)2-3-6(10)8(7)12(14)15/h2-3H,1H3,(H,11,13). The second-order valence-electron chi connectivity index (χ2n) is 2.69. The molecule has 0 unspecified atom stereocenters. The predicted molar refractivity (Wildman–Crippen MR) is 52.4 cm³/mol. The van der Waals surface area contributed by atoms with Crippen molar-refractivity contribution < 1.29 is 14.1 Å². The van der Waals surface area contributed by atoms with Crippen molar-refractivity contribution in [1.82, 2.24) is 0 Å². The first kappa shape index (κ1) is 11.4. The summed E-state index contributed by atoms with van der Waals surface area (Å²) in [6.07, 6.45) is 0. The second kappa shape index (κ2) is 4.22. The maximum Gasteiger partial charge on any atom is 0.329 e. The molecule has 0 spiro atoms. The zero-order valence-electron chi connectivity index (χ0n) is 7.58. The first-order valence-electron chi connectivity index (χ1n) is 3.83. The number of nitro benzene ring substituents is 1. The fourth-order valence-corrected chi connectivity index (χ4v) is 1.21. The Morgan fingerprint density at radius 1 is 1.60 bits per heavy atom. The molecule has 0 aliphatic rings. The Balaban J connectivity index is 3.38. The summed E-state index contributed by atoms with van der Waals surface area (Å²) < 4.78 is 13.1. The topological polar surface area (TPSA) is 72.2 Å². The molecule has 0 aliphatic carbocycles. The largest absolute Gasteiger partial charge is 0.329 e. The van der Waals surface area contributed by atoms with E-state index in [-0.39, 0.29) is 10.7 Å². The molecule has 0 fully saturated rings. The number of hydrogen-bond acceptors (Lipinski definition) is 3. The summed E-state index contributed by atoms with van der Waals surface area (Å²) in [4.78, 5) is 20.3. The third-order valence-electron chi connectivity index (χ3n) is 1.56. The molecule has 15 heavy (non-hydrogen) atoms. The summed E-state index contributed by atoms with van der Waals surface area (Å²) in [6.45, 7) is 1.14. The molecule has 0 saturated carbocycles. The van der Waals surface area contributed by atoms with Gasteiger partial charge in [-0.1, -0.05) is 11.6 Å². The van der Waals surface area contributed by atoms with E-state index in [1.54, 1.807) is 0 Å². The van der Waals surface area contributed by atoms with Gasteiger partial charge in [-0.05, 0) is 12.1 Å². The average Bonchev–Trinajstić information content (AvgIpc) is 2.10.